The van der Waals surface area contributed by atoms with Crippen molar-refractivity contribution in [2.45, 2.75) is 26.5 Å². The number of halogens is 1. The van der Waals surface area contributed by atoms with Crippen LogP contribution >= 0.6 is 24.0 Å². The zero-order chi connectivity index (χ0) is 16.5. The Bertz CT molecular complexity index is 612. The second kappa shape index (κ2) is 11.0. The van der Waals surface area contributed by atoms with Crippen molar-refractivity contribution in [1.29, 1.82) is 0 Å². The summed E-state index contributed by atoms with van der Waals surface area (Å²) in [4.78, 5) is 4.60. The number of hydrogen-bond donors (Lipinski definition) is 2. The van der Waals surface area contributed by atoms with Crippen molar-refractivity contribution in [1.82, 2.24) is 15.2 Å². The fourth-order valence-corrected chi connectivity index (χ4v) is 2.18. The van der Waals surface area contributed by atoms with Gasteiger partial charge in [0.2, 0.25) is 0 Å². The Morgan fingerprint density at radius 2 is 1.96 bits per heavy atom. The highest BCUT2D eigenvalue weighted by atomic mass is 127. The molecule has 0 saturated carbocycles. The predicted molar refractivity (Wildman–Crippen MR) is 110 cm³/mol. The SMILES string of the molecule is CCNC(=NCc1ccn(C)c1)NCC(C)Oc1ccccc1.I. The van der Waals surface area contributed by atoms with Gasteiger partial charge in [-0.3, -0.25) is 0 Å². The molecule has 1 aromatic carbocycles. The van der Waals surface area contributed by atoms with E-state index in [4.69, 9.17) is 4.74 Å². The number of nitrogens with one attached hydrogen (secondary N) is 2. The van der Waals surface area contributed by atoms with Crippen LogP contribution in [0.1, 0.15) is 19.4 Å². The molecule has 6 heteroatoms. The third kappa shape index (κ3) is 7.25. The first-order chi connectivity index (χ1) is 11.2. The Morgan fingerprint density at radius 1 is 1.21 bits per heavy atom. The Labute approximate surface area is 161 Å². The van der Waals surface area contributed by atoms with Crippen molar-refractivity contribution in [2.75, 3.05) is 13.1 Å². The number of aliphatic imine (C=N–C) groups is 1. The van der Waals surface area contributed by atoms with Crippen LogP contribution < -0.4 is 15.4 Å². The number of benzene rings is 1. The van der Waals surface area contributed by atoms with Gasteiger partial charge in [-0.05, 0) is 37.6 Å². The molecule has 132 valence electrons. The largest absolute Gasteiger partial charge is 0.489 e. The predicted octanol–water partition coefficient (Wildman–Crippen LogP) is 3.17. The van der Waals surface area contributed by atoms with E-state index in [1.54, 1.807) is 0 Å². The number of rotatable bonds is 7. The third-order valence-electron chi connectivity index (χ3n) is 3.29. The lowest BCUT2D eigenvalue weighted by molar-refractivity contribution is 0.224. The van der Waals surface area contributed by atoms with Gasteiger partial charge in [0.1, 0.15) is 11.9 Å². The van der Waals surface area contributed by atoms with Crippen LogP contribution in [0.4, 0.5) is 0 Å². The molecule has 0 saturated heterocycles. The molecule has 1 atom stereocenters. The molecule has 0 aliphatic heterocycles. The van der Waals surface area contributed by atoms with Crippen molar-refractivity contribution >= 4 is 29.9 Å². The first kappa shape index (κ1) is 20.3. The number of aryl methyl sites for hydroxylation is 1. The Morgan fingerprint density at radius 3 is 2.58 bits per heavy atom. The van der Waals surface area contributed by atoms with Crippen LogP contribution in [0.15, 0.2) is 53.8 Å². The lowest BCUT2D eigenvalue weighted by Crippen LogP contribution is -2.41. The molecule has 0 radical (unpaired) electrons. The quantitative estimate of drug-likeness (QED) is 0.394. The molecule has 2 aromatic rings. The van der Waals surface area contributed by atoms with Crippen molar-refractivity contribution in [2.24, 2.45) is 12.0 Å². The van der Waals surface area contributed by atoms with Crippen LogP contribution in [0, 0.1) is 0 Å². The summed E-state index contributed by atoms with van der Waals surface area (Å²) < 4.78 is 7.89. The lowest BCUT2D eigenvalue weighted by Gasteiger charge is -2.17. The molecule has 1 unspecified atom stereocenters. The summed E-state index contributed by atoms with van der Waals surface area (Å²) in [6.45, 7) is 6.28. The van der Waals surface area contributed by atoms with Gasteiger partial charge in [-0.15, -0.1) is 24.0 Å². The van der Waals surface area contributed by atoms with Gasteiger partial charge in [-0.2, -0.15) is 0 Å². The third-order valence-corrected chi connectivity index (χ3v) is 3.29. The molecule has 1 aromatic heterocycles. The molecular weight excluding hydrogens is 415 g/mol. The maximum absolute atomic E-state index is 5.86. The van der Waals surface area contributed by atoms with E-state index < -0.39 is 0 Å². The maximum atomic E-state index is 5.86. The first-order valence-electron chi connectivity index (χ1n) is 8.02. The van der Waals surface area contributed by atoms with Gasteiger partial charge in [0.15, 0.2) is 5.96 Å². The number of guanidine groups is 1. The van der Waals surface area contributed by atoms with Gasteiger partial charge >= 0.3 is 0 Å². The molecule has 2 N–H and O–H groups in total. The molecule has 1 heterocycles. The molecule has 0 aliphatic carbocycles. The molecular formula is C18H27IN4O. The zero-order valence-electron chi connectivity index (χ0n) is 14.5. The minimum absolute atomic E-state index is 0. The summed E-state index contributed by atoms with van der Waals surface area (Å²) in [6.07, 6.45) is 4.16. The van der Waals surface area contributed by atoms with Gasteiger partial charge in [0.05, 0.1) is 13.1 Å². The monoisotopic (exact) mass is 442 g/mol. The normalized spacial score (nSPS) is 12.2. The van der Waals surface area contributed by atoms with E-state index in [2.05, 4.69) is 34.8 Å². The molecule has 0 bridgehead atoms. The molecule has 2 rings (SSSR count). The minimum Gasteiger partial charge on any atom is -0.489 e. The van der Waals surface area contributed by atoms with Crippen LogP contribution in [0.3, 0.4) is 0 Å². The van der Waals surface area contributed by atoms with E-state index in [-0.39, 0.29) is 30.1 Å². The zero-order valence-corrected chi connectivity index (χ0v) is 16.9. The molecule has 0 spiro atoms. The van der Waals surface area contributed by atoms with Gasteiger partial charge in [0.25, 0.3) is 0 Å². The summed E-state index contributed by atoms with van der Waals surface area (Å²) in [6, 6.07) is 11.9. The van der Waals surface area contributed by atoms with Crippen molar-refractivity contribution in [3.63, 3.8) is 0 Å². The van der Waals surface area contributed by atoms with E-state index in [9.17, 15) is 0 Å². The van der Waals surface area contributed by atoms with Crippen molar-refractivity contribution < 1.29 is 4.74 Å². The Hall–Kier alpha value is -1.70. The first-order valence-corrected chi connectivity index (χ1v) is 8.02. The number of nitrogens with zero attached hydrogens (tertiary/aromatic N) is 2. The van der Waals surface area contributed by atoms with Gasteiger partial charge < -0.3 is 19.9 Å². The molecule has 24 heavy (non-hydrogen) atoms. The van der Waals surface area contributed by atoms with E-state index in [0.29, 0.717) is 13.1 Å². The van der Waals surface area contributed by atoms with Crippen LogP contribution in [-0.4, -0.2) is 29.7 Å². The highest BCUT2D eigenvalue weighted by molar-refractivity contribution is 14.0. The fraction of sp³-hybridized carbons (Fsp3) is 0.389. The number of hydrogen-bond acceptors (Lipinski definition) is 2. The Kier molecular flexibility index (Phi) is 9.29. The molecule has 0 fully saturated rings. The second-order valence-electron chi connectivity index (χ2n) is 5.50. The van der Waals surface area contributed by atoms with Gasteiger partial charge in [-0.25, -0.2) is 4.99 Å². The fourth-order valence-electron chi connectivity index (χ4n) is 2.18. The van der Waals surface area contributed by atoms with E-state index in [0.717, 1.165) is 18.3 Å². The van der Waals surface area contributed by atoms with Crippen LogP contribution in [0.5, 0.6) is 5.75 Å². The van der Waals surface area contributed by atoms with Crippen molar-refractivity contribution in [3.05, 3.63) is 54.4 Å². The van der Waals surface area contributed by atoms with E-state index in [1.807, 2.05) is 55.1 Å². The standard InChI is InChI=1S/C18H26N4O.HI/c1-4-19-18(21-13-16-10-11-22(3)14-16)20-12-15(2)23-17-8-6-5-7-9-17;/h5-11,14-15H,4,12-13H2,1-3H3,(H2,19,20,21);1H. The Balaban J connectivity index is 0.00000288. The van der Waals surface area contributed by atoms with Gasteiger partial charge in [0, 0.05) is 26.0 Å². The lowest BCUT2D eigenvalue weighted by atomic mass is 10.3. The summed E-state index contributed by atoms with van der Waals surface area (Å²) in [5.74, 6) is 1.69. The minimum atomic E-state index is 0. The smallest absolute Gasteiger partial charge is 0.191 e. The van der Waals surface area contributed by atoms with Crippen LogP contribution in [0.25, 0.3) is 0 Å². The number of aromatic nitrogens is 1. The summed E-state index contributed by atoms with van der Waals surface area (Å²) in [5, 5.41) is 6.58. The van der Waals surface area contributed by atoms with E-state index >= 15 is 0 Å². The number of ether oxygens (including phenoxy) is 1. The summed E-state index contributed by atoms with van der Waals surface area (Å²) in [7, 11) is 2.01. The summed E-state index contributed by atoms with van der Waals surface area (Å²) in [5.41, 5.74) is 1.19. The van der Waals surface area contributed by atoms with Crippen LogP contribution in [-0.2, 0) is 13.6 Å². The average molecular weight is 442 g/mol. The van der Waals surface area contributed by atoms with Crippen molar-refractivity contribution in [3.8, 4) is 5.75 Å². The topological polar surface area (TPSA) is 50.6 Å². The number of para-hydroxylation sites is 1. The summed E-state index contributed by atoms with van der Waals surface area (Å²) >= 11 is 0. The van der Waals surface area contributed by atoms with E-state index in [1.165, 1.54) is 5.56 Å². The highest BCUT2D eigenvalue weighted by Gasteiger charge is 2.05. The second-order valence-corrected chi connectivity index (χ2v) is 5.50. The molecule has 5 nitrogen and oxygen atoms in total. The van der Waals surface area contributed by atoms with Crippen LogP contribution in [0.2, 0.25) is 0 Å². The maximum Gasteiger partial charge on any atom is 0.191 e. The highest BCUT2D eigenvalue weighted by Crippen LogP contribution is 2.10. The van der Waals surface area contributed by atoms with Gasteiger partial charge in [-0.1, -0.05) is 18.2 Å². The molecule has 0 aliphatic rings. The average Bonchev–Trinajstić information content (AvgIpc) is 2.96. The molecule has 0 amide bonds.